The van der Waals surface area contributed by atoms with Gasteiger partial charge in [0.1, 0.15) is 11.5 Å². The van der Waals surface area contributed by atoms with Crippen molar-refractivity contribution < 1.29 is 19.7 Å². The van der Waals surface area contributed by atoms with E-state index in [4.69, 9.17) is 9.84 Å². The summed E-state index contributed by atoms with van der Waals surface area (Å²) in [6.45, 7) is 4.75. The monoisotopic (exact) mass is 252 g/mol. The molecule has 18 heavy (non-hydrogen) atoms. The molecule has 0 amide bonds. The normalized spacial score (nSPS) is 10.6. The summed E-state index contributed by atoms with van der Waals surface area (Å²) in [6, 6.07) is 5.09. The molecule has 1 aromatic rings. The molecule has 4 nitrogen and oxygen atoms in total. The van der Waals surface area contributed by atoms with Gasteiger partial charge in [-0.1, -0.05) is 13.8 Å². The van der Waals surface area contributed by atoms with Crippen LogP contribution in [0, 0.1) is 5.92 Å². The van der Waals surface area contributed by atoms with Crippen molar-refractivity contribution in [3.8, 4) is 11.5 Å². The molecular weight excluding hydrogens is 232 g/mol. The maximum absolute atomic E-state index is 10.4. The highest BCUT2D eigenvalue weighted by Gasteiger charge is 2.06. The minimum Gasteiger partial charge on any atom is -0.508 e. The second-order valence-corrected chi connectivity index (χ2v) is 4.74. The number of aromatic hydroxyl groups is 1. The Labute approximate surface area is 107 Å². The van der Waals surface area contributed by atoms with E-state index in [2.05, 4.69) is 13.8 Å². The van der Waals surface area contributed by atoms with Gasteiger partial charge < -0.3 is 14.9 Å². The predicted octanol–water partition coefficient (Wildman–Crippen LogP) is 2.83. The van der Waals surface area contributed by atoms with Crippen LogP contribution in [0.4, 0.5) is 0 Å². The zero-order chi connectivity index (χ0) is 13.5. The van der Waals surface area contributed by atoms with Gasteiger partial charge in [-0.15, -0.1) is 0 Å². The summed E-state index contributed by atoms with van der Waals surface area (Å²) in [7, 11) is 0. The molecule has 0 atom stereocenters. The van der Waals surface area contributed by atoms with Crippen LogP contribution in [-0.4, -0.2) is 22.8 Å². The van der Waals surface area contributed by atoms with E-state index in [0.717, 1.165) is 5.56 Å². The van der Waals surface area contributed by atoms with Gasteiger partial charge in [0.15, 0.2) is 0 Å². The van der Waals surface area contributed by atoms with E-state index in [9.17, 15) is 9.90 Å². The first-order valence-corrected chi connectivity index (χ1v) is 6.15. The van der Waals surface area contributed by atoms with Gasteiger partial charge >= 0.3 is 5.97 Å². The van der Waals surface area contributed by atoms with Gasteiger partial charge in [-0.05, 0) is 42.5 Å². The summed E-state index contributed by atoms with van der Waals surface area (Å²) in [5.74, 6) is 0.528. The summed E-state index contributed by atoms with van der Waals surface area (Å²) in [6.07, 6.45) is 1.16. The number of hydrogen-bond donors (Lipinski definition) is 2. The lowest BCUT2D eigenvalue weighted by Gasteiger charge is -2.11. The van der Waals surface area contributed by atoms with Crippen molar-refractivity contribution >= 4 is 5.97 Å². The van der Waals surface area contributed by atoms with E-state index in [1.165, 1.54) is 0 Å². The van der Waals surface area contributed by atoms with Crippen LogP contribution < -0.4 is 4.74 Å². The zero-order valence-corrected chi connectivity index (χ0v) is 10.8. The van der Waals surface area contributed by atoms with Crippen molar-refractivity contribution in [1.29, 1.82) is 0 Å². The average molecular weight is 252 g/mol. The Morgan fingerprint density at radius 2 is 2.11 bits per heavy atom. The van der Waals surface area contributed by atoms with Crippen molar-refractivity contribution in [3.05, 3.63) is 23.8 Å². The predicted molar refractivity (Wildman–Crippen MR) is 69.0 cm³/mol. The number of hydrogen-bond acceptors (Lipinski definition) is 3. The van der Waals surface area contributed by atoms with Gasteiger partial charge in [-0.25, -0.2) is 0 Å². The third-order valence-electron chi connectivity index (χ3n) is 2.47. The molecule has 0 aromatic heterocycles. The second kappa shape index (κ2) is 6.89. The Bertz CT molecular complexity index is 399. The van der Waals surface area contributed by atoms with E-state index in [0.29, 0.717) is 31.1 Å². The molecule has 0 aliphatic rings. The van der Waals surface area contributed by atoms with E-state index < -0.39 is 5.97 Å². The number of rotatable bonds is 7. The lowest BCUT2D eigenvalue weighted by Crippen LogP contribution is -2.04. The highest BCUT2D eigenvalue weighted by Crippen LogP contribution is 2.25. The summed E-state index contributed by atoms with van der Waals surface area (Å²) >= 11 is 0. The number of carboxylic acids is 1. The number of phenols is 1. The number of ether oxygens (including phenoxy) is 1. The number of aryl methyl sites for hydroxylation is 1. The number of aliphatic carboxylic acids is 1. The van der Waals surface area contributed by atoms with Crippen LogP contribution in [-0.2, 0) is 11.2 Å². The van der Waals surface area contributed by atoms with Gasteiger partial charge in [0, 0.05) is 6.42 Å². The molecule has 100 valence electrons. The molecule has 4 heteroatoms. The first-order valence-electron chi connectivity index (χ1n) is 6.15. The number of carboxylic acid groups (broad SMARTS) is 1. The molecule has 0 saturated heterocycles. The molecule has 0 aliphatic carbocycles. The number of benzene rings is 1. The van der Waals surface area contributed by atoms with Crippen molar-refractivity contribution in [2.24, 2.45) is 5.92 Å². The van der Waals surface area contributed by atoms with Crippen LogP contribution in [0.3, 0.4) is 0 Å². The molecule has 0 aliphatic heterocycles. The highest BCUT2D eigenvalue weighted by molar-refractivity contribution is 5.66. The van der Waals surface area contributed by atoms with Crippen molar-refractivity contribution in [1.82, 2.24) is 0 Å². The standard InChI is InChI=1S/C14H20O4/c1-10(2)9-18-12-6-7-13(15)11(8-12)4-3-5-14(16)17/h6-8,10,15H,3-5,9H2,1-2H3,(H,16,17). The van der Waals surface area contributed by atoms with Crippen LogP contribution in [0.15, 0.2) is 18.2 Å². The Morgan fingerprint density at radius 3 is 2.72 bits per heavy atom. The summed E-state index contributed by atoms with van der Waals surface area (Å²) in [5.41, 5.74) is 0.734. The first kappa shape index (κ1) is 14.4. The van der Waals surface area contributed by atoms with Crippen LogP contribution in [0.1, 0.15) is 32.3 Å². The van der Waals surface area contributed by atoms with Crippen molar-refractivity contribution in [2.75, 3.05) is 6.61 Å². The van der Waals surface area contributed by atoms with E-state index in [1.807, 2.05) is 0 Å². The van der Waals surface area contributed by atoms with Gasteiger partial charge in [0.05, 0.1) is 6.61 Å². The molecule has 2 N–H and O–H groups in total. The van der Waals surface area contributed by atoms with E-state index in [1.54, 1.807) is 18.2 Å². The Morgan fingerprint density at radius 1 is 1.39 bits per heavy atom. The molecule has 0 bridgehead atoms. The smallest absolute Gasteiger partial charge is 0.303 e. The molecule has 0 radical (unpaired) electrons. The first-order chi connectivity index (χ1) is 8.49. The maximum atomic E-state index is 10.4. The molecule has 0 spiro atoms. The van der Waals surface area contributed by atoms with Gasteiger partial charge in [0.25, 0.3) is 0 Å². The summed E-state index contributed by atoms with van der Waals surface area (Å²) in [4.78, 5) is 10.4. The van der Waals surface area contributed by atoms with Crippen LogP contribution in [0.25, 0.3) is 0 Å². The quantitative estimate of drug-likeness (QED) is 0.783. The largest absolute Gasteiger partial charge is 0.508 e. The molecule has 1 rings (SSSR count). The zero-order valence-electron chi connectivity index (χ0n) is 10.8. The molecule has 0 fully saturated rings. The fourth-order valence-corrected chi connectivity index (χ4v) is 1.54. The third-order valence-corrected chi connectivity index (χ3v) is 2.47. The van der Waals surface area contributed by atoms with Crippen molar-refractivity contribution in [2.45, 2.75) is 33.1 Å². The minimum atomic E-state index is -0.818. The summed E-state index contributed by atoms with van der Waals surface area (Å²) < 4.78 is 5.56. The van der Waals surface area contributed by atoms with E-state index >= 15 is 0 Å². The minimum absolute atomic E-state index is 0.108. The SMILES string of the molecule is CC(C)COc1ccc(O)c(CCCC(=O)O)c1. The Kier molecular flexibility index (Phi) is 5.49. The molecule has 1 aromatic carbocycles. The Hall–Kier alpha value is -1.71. The average Bonchev–Trinajstić information content (AvgIpc) is 2.29. The van der Waals surface area contributed by atoms with Crippen molar-refractivity contribution in [3.63, 3.8) is 0 Å². The number of carbonyl (C=O) groups is 1. The molecule has 0 heterocycles. The Balaban J connectivity index is 2.60. The van der Waals surface area contributed by atoms with Gasteiger partial charge in [-0.2, -0.15) is 0 Å². The van der Waals surface area contributed by atoms with Gasteiger partial charge in [-0.3, -0.25) is 4.79 Å². The summed E-state index contributed by atoms with van der Waals surface area (Å²) in [5, 5.41) is 18.2. The maximum Gasteiger partial charge on any atom is 0.303 e. The fourth-order valence-electron chi connectivity index (χ4n) is 1.54. The topological polar surface area (TPSA) is 66.8 Å². The van der Waals surface area contributed by atoms with E-state index in [-0.39, 0.29) is 12.2 Å². The fraction of sp³-hybridized carbons (Fsp3) is 0.500. The van der Waals surface area contributed by atoms with Crippen LogP contribution in [0.5, 0.6) is 11.5 Å². The lowest BCUT2D eigenvalue weighted by molar-refractivity contribution is -0.137. The molecule has 0 unspecified atom stereocenters. The van der Waals surface area contributed by atoms with Crippen LogP contribution in [0.2, 0.25) is 0 Å². The highest BCUT2D eigenvalue weighted by atomic mass is 16.5. The number of phenolic OH excluding ortho intramolecular Hbond substituents is 1. The van der Waals surface area contributed by atoms with Crippen LogP contribution >= 0.6 is 0 Å². The molecule has 0 saturated carbocycles. The molecular formula is C14H20O4. The third kappa shape index (κ3) is 5.08. The van der Waals surface area contributed by atoms with Gasteiger partial charge in [0.2, 0.25) is 0 Å². The second-order valence-electron chi connectivity index (χ2n) is 4.74. The lowest BCUT2D eigenvalue weighted by atomic mass is 10.1.